The van der Waals surface area contributed by atoms with E-state index in [1.54, 1.807) is 23.9 Å². The summed E-state index contributed by atoms with van der Waals surface area (Å²) in [5.74, 6) is 0.365. The van der Waals surface area contributed by atoms with E-state index in [0.29, 0.717) is 17.9 Å². The number of anilines is 1. The maximum absolute atomic E-state index is 13.8. The standard InChI is InChI=1S/C16H17FN4OS/c1-10-15(14-6-7-21(2)20-14)23-16(19-10)18-9-11-8-12(22-3)4-5-13(11)17/h4-8H,9H2,1-3H3,(H,18,19). The summed E-state index contributed by atoms with van der Waals surface area (Å²) >= 11 is 1.51. The first-order valence-corrected chi connectivity index (χ1v) is 7.92. The number of ether oxygens (including phenoxy) is 1. The maximum Gasteiger partial charge on any atom is 0.183 e. The Labute approximate surface area is 137 Å². The molecule has 120 valence electrons. The van der Waals surface area contributed by atoms with Crippen LogP contribution in [-0.2, 0) is 13.6 Å². The van der Waals surface area contributed by atoms with Crippen LogP contribution in [-0.4, -0.2) is 21.9 Å². The van der Waals surface area contributed by atoms with Crippen molar-refractivity contribution < 1.29 is 9.13 Å². The van der Waals surface area contributed by atoms with Gasteiger partial charge in [-0.2, -0.15) is 5.10 Å². The fraction of sp³-hybridized carbons (Fsp3) is 0.250. The SMILES string of the molecule is COc1ccc(F)c(CNc2nc(C)c(-c3ccn(C)n3)s2)c1. The van der Waals surface area contributed by atoms with Crippen LogP contribution >= 0.6 is 11.3 Å². The van der Waals surface area contributed by atoms with Gasteiger partial charge in [-0.05, 0) is 31.2 Å². The number of nitrogens with one attached hydrogen (secondary N) is 1. The second-order valence-electron chi connectivity index (χ2n) is 5.12. The predicted molar refractivity (Wildman–Crippen MR) is 89.3 cm³/mol. The molecule has 0 spiro atoms. The number of thiazole rings is 1. The van der Waals surface area contributed by atoms with Crippen molar-refractivity contribution in [3.63, 3.8) is 0 Å². The van der Waals surface area contributed by atoms with Crippen LogP contribution < -0.4 is 10.1 Å². The molecule has 0 unspecified atom stereocenters. The highest BCUT2D eigenvalue weighted by Gasteiger charge is 2.12. The van der Waals surface area contributed by atoms with Gasteiger partial charge in [0, 0.05) is 25.4 Å². The summed E-state index contributed by atoms with van der Waals surface area (Å²) in [7, 11) is 3.44. The molecule has 3 aromatic rings. The highest BCUT2D eigenvalue weighted by molar-refractivity contribution is 7.19. The fourth-order valence-corrected chi connectivity index (χ4v) is 3.16. The molecule has 0 atom stereocenters. The molecular weight excluding hydrogens is 315 g/mol. The van der Waals surface area contributed by atoms with E-state index in [2.05, 4.69) is 15.4 Å². The van der Waals surface area contributed by atoms with Crippen LogP contribution in [0.1, 0.15) is 11.3 Å². The highest BCUT2D eigenvalue weighted by atomic mass is 32.1. The average molecular weight is 332 g/mol. The van der Waals surface area contributed by atoms with Gasteiger partial charge < -0.3 is 10.1 Å². The third kappa shape index (κ3) is 3.34. The fourth-order valence-electron chi connectivity index (χ4n) is 2.23. The van der Waals surface area contributed by atoms with Crippen molar-refractivity contribution >= 4 is 16.5 Å². The Bertz CT molecular complexity index is 827. The Balaban J connectivity index is 1.77. The number of methoxy groups -OCH3 is 1. The predicted octanol–water partition coefficient (Wildman–Crippen LogP) is 3.61. The van der Waals surface area contributed by atoms with E-state index in [0.717, 1.165) is 21.4 Å². The van der Waals surface area contributed by atoms with E-state index < -0.39 is 0 Å². The van der Waals surface area contributed by atoms with E-state index >= 15 is 0 Å². The molecule has 0 aliphatic carbocycles. The van der Waals surface area contributed by atoms with Crippen LogP contribution in [0, 0.1) is 12.7 Å². The molecule has 5 nitrogen and oxygen atoms in total. The number of hydrogen-bond acceptors (Lipinski definition) is 5. The van der Waals surface area contributed by atoms with Crippen LogP contribution in [0.2, 0.25) is 0 Å². The molecule has 7 heteroatoms. The number of benzene rings is 1. The summed E-state index contributed by atoms with van der Waals surface area (Å²) in [5, 5.41) is 8.30. The summed E-state index contributed by atoms with van der Waals surface area (Å²) in [5.41, 5.74) is 2.34. The van der Waals surface area contributed by atoms with Crippen molar-refractivity contribution in [2.75, 3.05) is 12.4 Å². The largest absolute Gasteiger partial charge is 0.497 e. The van der Waals surface area contributed by atoms with Gasteiger partial charge in [-0.25, -0.2) is 9.37 Å². The molecule has 0 fully saturated rings. The molecule has 2 heterocycles. The minimum atomic E-state index is -0.267. The van der Waals surface area contributed by atoms with Gasteiger partial charge in [0.05, 0.1) is 17.7 Å². The zero-order chi connectivity index (χ0) is 16.4. The molecule has 23 heavy (non-hydrogen) atoms. The monoisotopic (exact) mass is 332 g/mol. The van der Waals surface area contributed by atoms with Crippen LogP contribution in [0.25, 0.3) is 10.6 Å². The lowest BCUT2D eigenvalue weighted by Gasteiger charge is -2.06. The van der Waals surface area contributed by atoms with Crippen molar-refractivity contribution in [2.24, 2.45) is 7.05 Å². The first-order valence-electron chi connectivity index (χ1n) is 7.10. The van der Waals surface area contributed by atoms with E-state index in [4.69, 9.17) is 4.74 Å². The number of rotatable bonds is 5. The number of aryl methyl sites for hydroxylation is 2. The van der Waals surface area contributed by atoms with Crippen molar-refractivity contribution in [3.8, 4) is 16.3 Å². The summed E-state index contributed by atoms with van der Waals surface area (Å²) in [6.45, 7) is 2.29. The van der Waals surface area contributed by atoms with Crippen LogP contribution in [0.5, 0.6) is 5.75 Å². The van der Waals surface area contributed by atoms with E-state index in [1.165, 1.54) is 17.4 Å². The van der Waals surface area contributed by atoms with Crippen molar-refractivity contribution in [2.45, 2.75) is 13.5 Å². The average Bonchev–Trinajstić information content (AvgIpc) is 3.12. The summed E-state index contributed by atoms with van der Waals surface area (Å²) < 4.78 is 20.7. The van der Waals surface area contributed by atoms with Gasteiger partial charge in [0.15, 0.2) is 5.13 Å². The molecule has 2 aromatic heterocycles. The molecule has 0 saturated carbocycles. The van der Waals surface area contributed by atoms with E-state index in [-0.39, 0.29) is 5.82 Å². The Hall–Kier alpha value is -2.41. The Morgan fingerprint density at radius 2 is 2.17 bits per heavy atom. The zero-order valence-corrected chi connectivity index (χ0v) is 13.9. The Morgan fingerprint density at radius 3 is 2.87 bits per heavy atom. The van der Waals surface area contributed by atoms with Crippen molar-refractivity contribution in [3.05, 3.63) is 47.5 Å². The molecule has 0 aliphatic heterocycles. The molecule has 1 N–H and O–H groups in total. The Kier molecular flexibility index (Phi) is 4.29. The summed E-state index contributed by atoms with van der Waals surface area (Å²) in [4.78, 5) is 5.50. The summed E-state index contributed by atoms with van der Waals surface area (Å²) in [6.07, 6.45) is 1.90. The van der Waals surface area contributed by atoms with Crippen molar-refractivity contribution in [1.82, 2.24) is 14.8 Å². The normalized spacial score (nSPS) is 10.8. The van der Waals surface area contributed by atoms with Gasteiger partial charge in [0.2, 0.25) is 0 Å². The van der Waals surface area contributed by atoms with Crippen LogP contribution in [0.15, 0.2) is 30.5 Å². The van der Waals surface area contributed by atoms with Gasteiger partial charge in [-0.3, -0.25) is 4.68 Å². The first-order chi connectivity index (χ1) is 11.1. The second kappa shape index (κ2) is 6.37. The molecule has 0 aliphatic rings. The van der Waals surface area contributed by atoms with Crippen LogP contribution in [0.3, 0.4) is 0 Å². The lowest BCUT2D eigenvalue weighted by Crippen LogP contribution is -2.02. The molecule has 0 radical (unpaired) electrons. The summed E-state index contributed by atoms with van der Waals surface area (Å²) in [6, 6.07) is 6.64. The number of nitrogens with zero attached hydrogens (tertiary/aromatic N) is 3. The number of aromatic nitrogens is 3. The lowest BCUT2D eigenvalue weighted by atomic mass is 10.2. The molecule has 0 saturated heterocycles. The van der Waals surface area contributed by atoms with Gasteiger partial charge in [0.1, 0.15) is 17.3 Å². The minimum absolute atomic E-state index is 0.267. The molecular formula is C16H17FN4OS. The second-order valence-corrected chi connectivity index (χ2v) is 6.12. The molecule has 3 rings (SSSR count). The smallest absolute Gasteiger partial charge is 0.183 e. The minimum Gasteiger partial charge on any atom is -0.497 e. The lowest BCUT2D eigenvalue weighted by molar-refractivity contribution is 0.413. The highest BCUT2D eigenvalue weighted by Crippen LogP contribution is 2.31. The third-order valence-electron chi connectivity index (χ3n) is 3.43. The number of halogens is 1. The molecule has 0 bridgehead atoms. The molecule has 1 aromatic carbocycles. The topological polar surface area (TPSA) is 52.0 Å². The van der Waals surface area contributed by atoms with Gasteiger partial charge in [-0.15, -0.1) is 0 Å². The maximum atomic E-state index is 13.8. The number of hydrogen-bond donors (Lipinski definition) is 1. The first kappa shape index (κ1) is 15.5. The van der Waals surface area contributed by atoms with Crippen LogP contribution in [0.4, 0.5) is 9.52 Å². The van der Waals surface area contributed by atoms with Gasteiger partial charge in [0.25, 0.3) is 0 Å². The third-order valence-corrected chi connectivity index (χ3v) is 4.56. The van der Waals surface area contributed by atoms with Gasteiger partial charge in [-0.1, -0.05) is 11.3 Å². The van der Waals surface area contributed by atoms with Crippen molar-refractivity contribution in [1.29, 1.82) is 0 Å². The van der Waals surface area contributed by atoms with E-state index in [9.17, 15) is 4.39 Å². The van der Waals surface area contributed by atoms with E-state index in [1.807, 2.05) is 26.2 Å². The molecule has 0 amide bonds. The quantitative estimate of drug-likeness (QED) is 0.775. The zero-order valence-electron chi connectivity index (χ0n) is 13.1. The Morgan fingerprint density at radius 1 is 1.35 bits per heavy atom. The van der Waals surface area contributed by atoms with Gasteiger partial charge >= 0.3 is 0 Å².